The van der Waals surface area contributed by atoms with Crippen LogP contribution in [0.1, 0.15) is 0 Å². The van der Waals surface area contributed by atoms with E-state index in [1.165, 1.54) is 43.4 Å². The van der Waals surface area contributed by atoms with Gasteiger partial charge in [0, 0.05) is 16.5 Å². The van der Waals surface area contributed by atoms with Gasteiger partial charge in [-0.25, -0.2) is 0 Å². The number of fused-ring (bicyclic) bond motifs is 6. The minimum absolute atomic E-state index is 0.879. The Morgan fingerprint density at radius 2 is 0.977 bits per heavy atom. The summed E-state index contributed by atoms with van der Waals surface area (Å²) in [6, 6.07) is 58.7. The lowest BCUT2D eigenvalue weighted by Crippen LogP contribution is -2.11. The highest BCUT2D eigenvalue weighted by Gasteiger charge is 2.22. The summed E-state index contributed by atoms with van der Waals surface area (Å²) in [6.45, 7) is 0. The van der Waals surface area contributed by atoms with Crippen molar-refractivity contribution in [3.63, 3.8) is 0 Å². The maximum atomic E-state index is 6.38. The maximum absolute atomic E-state index is 6.38. The van der Waals surface area contributed by atoms with Crippen molar-refractivity contribution in [2.24, 2.45) is 0 Å². The van der Waals surface area contributed by atoms with Crippen LogP contribution in [0.5, 0.6) is 0 Å². The van der Waals surface area contributed by atoms with Gasteiger partial charge in [0.25, 0.3) is 0 Å². The van der Waals surface area contributed by atoms with E-state index in [-0.39, 0.29) is 0 Å². The van der Waals surface area contributed by atoms with E-state index >= 15 is 0 Å². The molecule has 0 unspecified atom stereocenters. The monoisotopic (exact) mass is 561 g/mol. The van der Waals surface area contributed by atoms with Gasteiger partial charge in [0.15, 0.2) is 0 Å². The molecule has 44 heavy (non-hydrogen) atoms. The fourth-order valence-corrected chi connectivity index (χ4v) is 6.68. The molecule has 9 aromatic rings. The highest BCUT2D eigenvalue weighted by Crippen LogP contribution is 2.46. The van der Waals surface area contributed by atoms with Crippen LogP contribution >= 0.6 is 0 Å². The van der Waals surface area contributed by atoms with Gasteiger partial charge < -0.3 is 9.32 Å². The van der Waals surface area contributed by atoms with Crippen LogP contribution in [0.3, 0.4) is 0 Å². The second kappa shape index (κ2) is 9.86. The molecule has 0 atom stereocenters. The molecule has 0 aliphatic heterocycles. The smallest absolute Gasteiger partial charge is 0.137 e. The molecule has 206 valence electrons. The number of rotatable bonds is 4. The van der Waals surface area contributed by atoms with Crippen molar-refractivity contribution in [3.05, 3.63) is 164 Å². The number of anilines is 3. The van der Waals surface area contributed by atoms with Gasteiger partial charge in [0.1, 0.15) is 11.2 Å². The Bertz CT molecular complexity index is 2520. The standard InChI is InChI=1S/C42H27NO/c1-3-12-30-24-32(21-20-28(30)10-1)34-25-33-14-5-6-15-36(33)39(27-34)43(35-23-22-29-11-2-4-13-31(29)26-35)38-17-9-19-41-42(38)37-16-7-8-18-40(37)44-41/h1-27H. The van der Waals surface area contributed by atoms with Gasteiger partial charge in [-0.2, -0.15) is 0 Å². The average Bonchev–Trinajstić information content (AvgIpc) is 3.47. The normalized spacial score (nSPS) is 11.6. The van der Waals surface area contributed by atoms with Gasteiger partial charge in [-0.3, -0.25) is 0 Å². The minimum Gasteiger partial charge on any atom is -0.456 e. The summed E-state index contributed by atoms with van der Waals surface area (Å²) in [6.07, 6.45) is 0. The Labute approximate surface area is 255 Å². The molecule has 8 aromatic carbocycles. The molecule has 0 saturated heterocycles. The largest absolute Gasteiger partial charge is 0.456 e. The number of hydrogen-bond acceptors (Lipinski definition) is 2. The van der Waals surface area contributed by atoms with E-state index < -0.39 is 0 Å². The highest BCUT2D eigenvalue weighted by molar-refractivity contribution is 6.15. The van der Waals surface area contributed by atoms with E-state index in [4.69, 9.17) is 4.42 Å². The zero-order chi connectivity index (χ0) is 29.0. The third kappa shape index (κ3) is 3.96. The van der Waals surface area contributed by atoms with Crippen molar-refractivity contribution >= 4 is 71.3 Å². The Hall–Kier alpha value is -5.86. The van der Waals surface area contributed by atoms with Crippen LogP contribution in [-0.4, -0.2) is 0 Å². The molecule has 0 N–H and O–H groups in total. The molecule has 0 bridgehead atoms. The lowest BCUT2D eigenvalue weighted by Gasteiger charge is -2.28. The van der Waals surface area contributed by atoms with Gasteiger partial charge in [-0.15, -0.1) is 0 Å². The number of para-hydroxylation sites is 1. The quantitative estimate of drug-likeness (QED) is 0.212. The first-order valence-electron chi connectivity index (χ1n) is 15.0. The Balaban J connectivity index is 1.37. The van der Waals surface area contributed by atoms with E-state index in [2.05, 4.69) is 163 Å². The predicted octanol–water partition coefficient (Wildman–Crippen LogP) is 12.2. The molecular formula is C42H27NO. The first-order chi connectivity index (χ1) is 21.8. The van der Waals surface area contributed by atoms with Crippen molar-refractivity contribution in [3.8, 4) is 11.1 Å². The van der Waals surface area contributed by atoms with Gasteiger partial charge in [0.05, 0.1) is 16.8 Å². The number of furan rings is 1. The molecule has 2 nitrogen and oxygen atoms in total. The SMILES string of the molecule is c1ccc2cc(-c3cc(N(c4ccc5ccccc5c4)c4cccc5oc6ccccc6c45)c4ccccc4c3)ccc2c1. The molecular weight excluding hydrogens is 534 g/mol. The molecule has 1 heterocycles. The van der Waals surface area contributed by atoms with E-state index in [1.807, 2.05) is 6.07 Å². The summed E-state index contributed by atoms with van der Waals surface area (Å²) < 4.78 is 6.38. The maximum Gasteiger partial charge on any atom is 0.137 e. The van der Waals surface area contributed by atoms with Crippen LogP contribution in [0.25, 0.3) is 65.4 Å². The fraction of sp³-hybridized carbons (Fsp3) is 0. The molecule has 0 aliphatic rings. The Morgan fingerprint density at radius 1 is 0.364 bits per heavy atom. The molecule has 0 amide bonds. The fourth-order valence-electron chi connectivity index (χ4n) is 6.68. The minimum atomic E-state index is 0.879. The number of hydrogen-bond donors (Lipinski definition) is 0. The highest BCUT2D eigenvalue weighted by atomic mass is 16.3. The summed E-state index contributed by atoms with van der Waals surface area (Å²) >= 11 is 0. The van der Waals surface area contributed by atoms with Crippen molar-refractivity contribution < 1.29 is 4.42 Å². The molecule has 0 aliphatic carbocycles. The second-order valence-corrected chi connectivity index (χ2v) is 11.4. The van der Waals surface area contributed by atoms with Crippen LogP contribution in [0.2, 0.25) is 0 Å². The summed E-state index contributed by atoms with van der Waals surface area (Å²) in [4.78, 5) is 2.42. The zero-order valence-corrected chi connectivity index (χ0v) is 23.9. The Morgan fingerprint density at radius 3 is 1.80 bits per heavy atom. The van der Waals surface area contributed by atoms with Crippen LogP contribution in [0.15, 0.2) is 168 Å². The molecule has 9 rings (SSSR count). The van der Waals surface area contributed by atoms with E-state index in [0.717, 1.165) is 39.0 Å². The van der Waals surface area contributed by atoms with Gasteiger partial charge in [-0.05, 0) is 86.6 Å². The van der Waals surface area contributed by atoms with Gasteiger partial charge in [-0.1, -0.05) is 115 Å². The second-order valence-electron chi connectivity index (χ2n) is 11.4. The van der Waals surface area contributed by atoms with E-state index in [1.54, 1.807) is 0 Å². The van der Waals surface area contributed by atoms with Crippen molar-refractivity contribution in [2.45, 2.75) is 0 Å². The van der Waals surface area contributed by atoms with Gasteiger partial charge in [0.2, 0.25) is 0 Å². The van der Waals surface area contributed by atoms with Crippen LogP contribution < -0.4 is 4.90 Å². The van der Waals surface area contributed by atoms with Crippen molar-refractivity contribution in [2.75, 3.05) is 4.90 Å². The first-order valence-corrected chi connectivity index (χ1v) is 15.0. The number of benzene rings is 8. The molecule has 0 spiro atoms. The molecule has 2 heteroatoms. The predicted molar refractivity (Wildman–Crippen MR) is 186 cm³/mol. The van der Waals surface area contributed by atoms with Crippen LogP contribution in [0.4, 0.5) is 17.1 Å². The summed E-state index contributed by atoms with van der Waals surface area (Å²) in [5.74, 6) is 0. The first kappa shape index (κ1) is 24.7. The van der Waals surface area contributed by atoms with E-state index in [9.17, 15) is 0 Å². The number of nitrogens with zero attached hydrogens (tertiary/aromatic N) is 1. The summed E-state index contributed by atoms with van der Waals surface area (Å²) in [7, 11) is 0. The van der Waals surface area contributed by atoms with Crippen LogP contribution in [0, 0.1) is 0 Å². The molecule has 1 aromatic heterocycles. The Kier molecular flexibility index (Phi) is 5.54. The topological polar surface area (TPSA) is 16.4 Å². The zero-order valence-electron chi connectivity index (χ0n) is 23.9. The third-order valence-corrected chi connectivity index (χ3v) is 8.78. The summed E-state index contributed by atoms with van der Waals surface area (Å²) in [5, 5.41) is 9.51. The van der Waals surface area contributed by atoms with Crippen molar-refractivity contribution in [1.29, 1.82) is 0 Å². The average molecular weight is 562 g/mol. The molecule has 0 saturated carbocycles. The van der Waals surface area contributed by atoms with Crippen molar-refractivity contribution in [1.82, 2.24) is 0 Å². The lowest BCUT2D eigenvalue weighted by molar-refractivity contribution is 0.669. The third-order valence-electron chi connectivity index (χ3n) is 8.78. The molecule has 0 radical (unpaired) electrons. The van der Waals surface area contributed by atoms with E-state index in [0.29, 0.717) is 0 Å². The summed E-state index contributed by atoms with van der Waals surface area (Å²) in [5.41, 5.74) is 7.46. The molecule has 0 fully saturated rings. The van der Waals surface area contributed by atoms with Crippen LogP contribution in [-0.2, 0) is 0 Å². The lowest BCUT2D eigenvalue weighted by atomic mass is 9.96. The van der Waals surface area contributed by atoms with Gasteiger partial charge >= 0.3 is 0 Å².